The highest BCUT2D eigenvalue weighted by Crippen LogP contribution is 1.96. The molecule has 0 bridgehead atoms. The molecule has 7 nitrogen and oxygen atoms in total. The fraction of sp³-hybridized carbons (Fsp3) is 0.444. The number of aromatic nitrogens is 2. The van der Waals surface area contributed by atoms with Crippen LogP contribution in [0.2, 0.25) is 0 Å². The number of hydrogen-bond acceptors (Lipinski definition) is 6. The molecule has 1 heterocycles. The van der Waals surface area contributed by atoms with E-state index in [2.05, 4.69) is 9.84 Å². The van der Waals surface area contributed by atoms with Crippen LogP contribution >= 0.6 is 0 Å². The fourth-order valence-corrected chi connectivity index (χ4v) is 0.994. The summed E-state index contributed by atoms with van der Waals surface area (Å²) in [5.41, 5.74) is 5.37. The highest BCUT2D eigenvalue weighted by atomic mass is 16.5. The zero-order valence-electron chi connectivity index (χ0n) is 8.88. The largest absolute Gasteiger partial charge is 0.469 e. The van der Waals surface area contributed by atoms with Crippen molar-refractivity contribution >= 4 is 17.8 Å². The first kappa shape index (κ1) is 12.0. The third-order valence-electron chi connectivity index (χ3n) is 1.75. The van der Waals surface area contributed by atoms with Crippen LogP contribution in [-0.2, 0) is 25.6 Å². The predicted molar refractivity (Wildman–Crippen MR) is 54.2 cm³/mol. The van der Waals surface area contributed by atoms with Gasteiger partial charge in [0.25, 0.3) is 0 Å². The minimum Gasteiger partial charge on any atom is -0.469 e. The van der Waals surface area contributed by atoms with Crippen molar-refractivity contribution in [2.24, 2.45) is 0 Å². The maximum atomic E-state index is 11.2. The average molecular weight is 227 g/mol. The number of nitrogens with two attached hydrogens (primary N) is 1. The van der Waals surface area contributed by atoms with Gasteiger partial charge < -0.3 is 15.2 Å². The zero-order chi connectivity index (χ0) is 12.0. The van der Waals surface area contributed by atoms with E-state index < -0.39 is 11.9 Å². The number of nitrogens with zero attached hydrogens (tertiary/aromatic N) is 2. The second-order valence-corrected chi connectivity index (χ2v) is 2.98. The summed E-state index contributed by atoms with van der Waals surface area (Å²) in [5, 5.41) is 3.81. The fourth-order valence-electron chi connectivity index (χ4n) is 0.994. The lowest BCUT2D eigenvalue weighted by molar-refractivity contribution is -0.148. The lowest BCUT2D eigenvalue weighted by atomic mass is 10.5. The van der Waals surface area contributed by atoms with E-state index in [9.17, 15) is 9.59 Å². The number of nitrogen functional groups attached to an aromatic ring is 1. The molecule has 7 heteroatoms. The molecule has 0 saturated heterocycles. The van der Waals surface area contributed by atoms with Crippen LogP contribution < -0.4 is 5.73 Å². The summed E-state index contributed by atoms with van der Waals surface area (Å²) in [4.78, 5) is 21.9. The quantitative estimate of drug-likeness (QED) is 0.686. The normalized spacial score (nSPS) is 9.81. The van der Waals surface area contributed by atoms with Gasteiger partial charge in [-0.05, 0) is 6.07 Å². The highest BCUT2D eigenvalue weighted by Gasteiger charge is 2.07. The number of carbonyl (C=O) groups excluding carboxylic acids is 2. The molecule has 0 radical (unpaired) electrons. The van der Waals surface area contributed by atoms with Gasteiger partial charge in [-0.3, -0.25) is 14.3 Å². The van der Waals surface area contributed by atoms with Crippen LogP contribution in [0.4, 0.5) is 5.82 Å². The van der Waals surface area contributed by atoms with Gasteiger partial charge in [-0.2, -0.15) is 5.10 Å². The number of esters is 2. The lowest BCUT2D eigenvalue weighted by Gasteiger charge is -2.03. The second kappa shape index (κ2) is 5.74. The summed E-state index contributed by atoms with van der Waals surface area (Å²) in [6.07, 6.45) is 1.61. The van der Waals surface area contributed by atoms with Crippen LogP contribution in [0.1, 0.15) is 6.42 Å². The van der Waals surface area contributed by atoms with Gasteiger partial charge in [-0.15, -0.1) is 0 Å². The van der Waals surface area contributed by atoms with E-state index >= 15 is 0 Å². The minimum atomic E-state index is -0.480. The van der Waals surface area contributed by atoms with Gasteiger partial charge in [0.05, 0.1) is 13.5 Å². The van der Waals surface area contributed by atoms with Crippen molar-refractivity contribution in [3.05, 3.63) is 12.3 Å². The van der Waals surface area contributed by atoms with Crippen LogP contribution in [0.25, 0.3) is 0 Å². The smallest absolute Gasteiger partial charge is 0.327 e. The molecule has 0 spiro atoms. The van der Waals surface area contributed by atoms with Crippen LogP contribution in [0.5, 0.6) is 0 Å². The minimum absolute atomic E-state index is 0.00224. The molecule has 0 aliphatic rings. The molecule has 0 aliphatic carbocycles. The SMILES string of the molecule is COC(=O)CCOC(=O)Cn1ccc(N)n1. The molecular weight excluding hydrogens is 214 g/mol. The molecule has 1 aromatic heterocycles. The van der Waals surface area contributed by atoms with Gasteiger partial charge in [-0.1, -0.05) is 0 Å². The Morgan fingerprint density at radius 3 is 2.81 bits per heavy atom. The molecular formula is C9H13N3O4. The molecule has 2 N–H and O–H groups in total. The Kier molecular flexibility index (Phi) is 4.31. The summed E-state index contributed by atoms with van der Waals surface area (Å²) < 4.78 is 10.5. The maximum Gasteiger partial charge on any atom is 0.327 e. The van der Waals surface area contributed by atoms with E-state index in [-0.39, 0.29) is 19.6 Å². The average Bonchev–Trinajstić information content (AvgIpc) is 2.63. The van der Waals surface area contributed by atoms with Crippen molar-refractivity contribution in [1.29, 1.82) is 0 Å². The van der Waals surface area contributed by atoms with E-state index in [0.717, 1.165) is 0 Å². The number of ether oxygens (including phenoxy) is 2. The van der Waals surface area contributed by atoms with Gasteiger partial charge in [0.2, 0.25) is 0 Å². The summed E-state index contributed by atoms with van der Waals surface area (Å²) in [7, 11) is 1.27. The second-order valence-electron chi connectivity index (χ2n) is 2.98. The highest BCUT2D eigenvalue weighted by molar-refractivity contribution is 5.71. The van der Waals surface area contributed by atoms with Gasteiger partial charge >= 0.3 is 11.9 Å². The summed E-state index contributed by atoms with van der Waals surface area (Å²) in [5.74, 6) is -0.564. The van der Waals surface area contributed by atoms with Gasteiger partial charge in [0.15, 0.2) is 0 Å². The van der Waals surface area contributed by atoms with Crippen molar-refractivity contribution in [2.45, 2.75) is 13.0 Å². The van der Waals surface area contributed by atoms with Crippen molar-refractivity contribution in [2.75, 3.05) is 19.5 Å². The van der Waals surface area contributed by atoms with Gasteiger partial charge in [0, 0.05) is 6.20 Å². The molecule has 1 rings (SSSR count). The van der Waals surface area contributed by atoms with E-state index in [0.29, 0.717) is 5.82 Å². The van der Waals surface area contributed by atoms with Crippen molar-refractivity contribution in [3.63, 3.8) is 0 Å². The van der Waals surface area contributed by atoms with Gasteiger partial charge in [0.1, 0.15) is 19.0 Å². The number of carbonyl (C=O) groups is 2. The maximum absolute atomic E-state index is 11.2. The third kappa shape index (κ3) is 3.99. The summed E-state index contributed by atoms with van der Waals surface area (Å²) in [6.45, 7) is -0.0272. The van der Waals surface area contributed by atoms with Crippen molar-refractivity contribution < 1.29 is 19.1 Å². The number of methoxy groups -OCH3 is 1. The number of hydrogen-bond donors (Lipinski definition) is 1. The Bertz CT molecular complexity index is 375. The first-order chi connectivity index (χ1) is 7.61. The Balaban J connectivity index is 2.23. The van der Waals surface area contributed by atoms with E-state index in [1.807, 2.05) is 0 Å². The molecule has 1 aromatic rings. The van der Waals surface area contributed by atoms with Crippen LogP contribution in [0, 0.1) is 0 Å². The first-order valence-corrected chi connectivity index (χ1v) is 4.63. The number of rotatable bonds is 5. The topological polar surface area (TPSA) is 96.4 Å². The lowest BCUT2D eigenvalue weighted by Crippen LogP contribution is -2.16. The predicted octanol–water partition coefficient (Wildman–Crippen LogP) is -0.428. The van der Waals surface area contributed by atoms with Crippen LogP contribution in [0.3, 0.4) is 0 Å². The third-order valence-corrected chi connectivity index (χ3v) is 1.75. The van der Waals surface area contributed by atoms with Gasteiger partial charge in [-0.25, -0.2) is 0 Å². The number of anilines is 1. The van der Waals surface area contributed by atoms with Crippen LogP contribution in [-0.4, -0.2) is 35.4 Å². The monoisotopic (exact) mass is 227 g/mol. The Morgan fingerprint density at radius 1 is 1.50 bits per heavy atom. The van der Waals surface area contributed by atoms with Crippen molar-refractivity contribution in [1.82, 2.24) is 9.78 Å². The zero-order valence-corrected chi connectivity index (χ0v) is 8.88. The molecule has 88 valence electrons. The standard InChI is InChI=1S/C9H13N3O4/c1-15-8(13)3-5-16-9(14)6-12-4-2-7(10)11-12/h2,4H,3,5-6H2,1H3,(H2,10,11). The Labute approximate surface area is 92.1 Å². The van der Waals surface area contributed by atoms with E-state index in [1.54, 1.807) is 12.3 Å². The Hall–Kier alpha value is -2.05. The summed E-state index contributed by atoms with van der Waals surface area (Å²) in [6, 6.07) is 1.57. The van der Waals surface area contributed by atoms with Crippen LogP contribution in [0.15, 0.2) is 12.3 Å². The molecule has 0 atom stereocenters. The molecule has 0 aliphatic heterocycles. The molecule has 0 fully saturated rings. The molecule has 0 aromatic carbocycles. The molecule has 16 heavy (non-hydrogen) atoms. The molecule has 0 saturated carbocycles. The Morgan fingerprint density at radius 2 is 2.25 bits per heavy atom. The van der Waals surface area contributed by atoms with E-state index in [4.69, 9.17) is 10.5 Å². The molecule has 0 amide bonds. The van der Waals surface area contributed by atoms with E-state index in [1.165, 1.54) is 11.8 Å². The summed E-state index contributed by atoms with van der Waals surface area (Å²) >= 11 is 0. The first-order valence-electron chi connectivity index (χ1n) is 4.63. The van der Waals surface area contributed by atoms with Crippen molar-refractivity contribution in [3.8, 4) is 0 Å². The molecule has 0 unspecified atom stereocenters.